The third-order valence-corrected chi connectivity index (χ3v) is 2.42. The summed E-state index contributed by atoms with van der Waals surface area (Å²) in [5, 5.41) is 24.4. The molecule has 0 fully saturated rings. The highest BCUT2D eigenvalue weighted by atomic mass is 16.6. The number of nitrogens with zero attached hydrogens (tertiary/aromatic N) is 2. The number of hydrogen-bond donors (Lipinski definition) is 1. The lowest BCUT2D eigenvalue weighted by molar-refractivity contribution is -0.394. The van der Waals surface area contributed by atoms with E-state index in [1.165, 1.54) is 12.1 Å². The van der Waals surface area contributed by atoms with Crippen molar-refractivity contribution in [2.24, 2.45) is 0 Å². The molecule has 8 heteroatoms. The molecule has 104 valence electrons. The molecule has 0 radical (unpaired) electrons. The average molecular weight is 269 g/mol. The molecule has 0 aliphatic carbocycles. The van der Waals surface area contributed by atoms with E-state index >= 15 is 0 Å². The molecule has 19 heavy (non-hydrogen) atoms. The molecular weight excluding hydrogens is 254 g/mol. The number of nitro groups is 2. The van der Waals surface area contributed by atoms with Crippen molar-refractivity contribution in [3.63, 3.8) is 0 Å². The van der Waals surface area contributed by atoms with Crippen LogP contribution in [0, 0.1) is 20.2 Å². The Morgan fingerprint density at radius 1 is 1.26 bits per heavy atom. The maximum atomic E-state index is 10.9. The molecule has 0 bridgehead atoms. The standard InChI is InChI=1S/C11H15N3O5/c1-2-19-6-5-12-8-9-3-4-10(13(15)16)7-11(9)14(17)18/h3-4,7,12H,2,5-6,8H2,1H3. The molecule has 0 atom stereocenters. The van der Waals surface area contributed by atoms with Crippen molar-refractivity contribution in [2.75, 3.05) is 19.8 Å². The maximum Gasteiger partial charge on any atom is 0.280 e. The van der Waals surface area contributed by atoms with Gasteiger partial charge in [-0.15, -0.1) is 0 Å². The minimum Gasteiger partial charge on any atom is -0.380 e. The molecule has 1 N–H and O–H groups in total. The topological polar surface area (TPSA) is 108 Å². The second kappa shape index (κ2) is 7.39. The van der Waals surface area contributed by atoms with Gasteiger partial charge in [-0.25, -0.2) is 0 Å². The number of ether oxygens (including phenoxy) is 1. The summed E-state index contributed by atoms with van der Waals surface area (Å²) in [5.41, 5.74) is -0.130. The van der Waals surface area contributed by atoms with Crippen LogP contribution in [0.25, 0.3) is 0 Å². The molecule has 0 aliphatic heterocycles. The smallest absolute Gasteiger partial charge is 0.280 e. The van der Waals surface area contributed by atoms with Gasteiger partial charge in [-0.05, 0) is 13.0 Å². The zero-order valence-corrected chi connectivity index (χ0v) is 10.5. The van der Waals surface area contributed by atoms with E-state index in [1.807, 2.05) is 6.92 Å². The highest BCUT2D eigenvalue weighted by molar-refractivity contribution is 5.49. The molecule has 8 nitrogen and oxygen atoms in total. The highest BCUT2D eigenvalue weighted by Gasteiger charge is 2.18. The summed E-state index contributed by atoms with van der Waals surface area (Å²) in [6.07, 6.45) is 0. The summed E-state index contributed by atoms with van der Waals surface area (Å²) in [7, 11) is 0. The number of benzene rings is 1. The van der Waals surface area contributed by atoms with Crippen LogP contribution in [0.5, 0.6) is 0 Å². The fourth-order valence-corrected chi connectivity index (χ4v) is 1.50. The summed E-state index contributed by atoms with van der Waals surface area (Å²) in [6, 6.07) is 3.62. The summed E-state index contributed by atoms with van der Waals surface area (Å²) in [6.45, 7) is 3.82. The van der Waals surface area contributed by atoms with Gasteiger partial charge in [0.05, 0.1) is 22.5 Å². The van der Waals surface area contributed by atoms with Crippen LogP contribution in [0.1, 0.15) is 12.5 Å². The largest absolute Gasteiger partial charge is 0.380 e. The van der Waals surface area contributed by atoms with Gasteiger partial charge in [-0.2, -0.15) is 0 Å². The summed E-state index contributed by atoms with van der Waals surface area (Å²) >= 11 is 0. The molecule has 0 saturated heterocycles. The summed E-state index contributed by atoms with van der Waals surface area (Å²) < 4.78 is 5.11. The lowest BCUT2D eigenvalue weighted by atomic mass is 10.1. The van der Waals surface area contributed by atoms with Crippen molar-refractivity contribution < 1.29 is 14.6 Å². The van der Waals surface area contributed by atoms with E-state index in [9.17, 15) is 20.2 Å². The van der Waals surface area contributed by atoms with Crippen LogP contribution in [-0.4, -0.2) is 29.6 Å². The molecule has 0 aliphatic rings. The van der Waals surface area contributed by atoms with E-state index in [-0.39, 0.29) is 17.9 Å². The van der Waals surface area contributed by atoms with Crippen LogP contribution in [0.3, 0.4) is 0 Å². The van der Waals surface area contributed by atoms with Crippen LogP contribution in [0.15, 0.2) is 18.2 Å². The lowest BCUT2D eigenvalue weighted by Crippen LogP contribution is -2.19. The van der Waals surface area contributed by atoms with E-state index in [4.69, 9.17) is 4.74 Å². The summed E-state index contributed by atoms with van der Waals surface area (Å²) in [4.78, 5) is 20.2. The van der Waals surface area contributed by atoms with Gasteiger partial charge in [0, 0.05) is 31.3 Å². The second-order valence-corrected chi connectivity index (χ2v) is 3.70. The molecule has 1 rings (SSSR count). The number of non-ortho nitro benzene ring substituents is 1. The van der Waals surface area contributed by atoms with E-state index < -0.39 is 9.85 Å². The predicted molar refractivity (Wildman–Crippen MR) is 68.0 cm³/mol. The van der Waals surface area contributed by atoms with Crippen molar-refractivity contribution in [1.29, 1.82) is 0 Å². The SMILES string of the molecule is CCOCCNCc1ccc([N+](=O)[O-])cc1[N+](=O)[O-]. The predicted octanol–water partition coefficient (Wildman–Crippen LogP) is 1.63. The summed E-state index contributed by atoms with van der Waals surface area (Å²) in [5.74, 6) is 0. The number of hydrogen-bond acceptors (Lipinski definition) is 6. The van der Waals surface area contributed by atoms with E-state index in [2.05, 4.69) is 5.32 Å². The molecule has 0 amide bonds. The molecule has 0 spiro atoms. The molecule has 1 aromatic rings. The van der Waals surface area contributed by atoms with Gasteiger partial charge in [-0.1, -0.05) is 0 Å². The molecular formula is C11H15N3O5. The van der Waals surface area contributed by atoms with Crippen molar-refractivity contribution in [3.05, 3.63) is 44.0 Å². The Bertz CT molecular complexity index is 464. The molecule has 1 aromatic carbocycles. The lowest BCUT2D eigenvalue weighted by Gasteiger charge is -2.05. The number of rotatable bonds is 8. The Hall–Kier alpha value is -2.06. The first-order valence-electron chi connectivity index (χ1n) is 5.76. The van der Waals surface area contributed by atoms with E-state index in [1.54, 1.807) is 0 Å². The highest BCUT2D eigenvalue weighted by Crippen LogP contribution is 2.24. The first kappa shape index (κ1) is 15.0. The minimum absolute atomic E-state index is 0.252. The van der Waals surface area contributed by atoms with E-state index in [0.717, 1.165) is 6.07 Å². The van der Waals surface area contributed by atoms with Crippen LogP contribution in [0.4, 0.5) is 11.4 Å². The second-order valence-electron chi connectivity index (χ2n) is 3.70. The van der Waals surface area contributed by atoms with Crippen LogP contribution in [0.2, 0.25) is 0 Å². The monoisotopic (exact) mass is 269 g/mol. The van der Waals surface area contributed by atoms with Crippen LogP contribution < -0.4 is 5.32 Å². The maximum absolute atomic E-state index is 10.9. The van der Waals surface area contributed by atoms with Gasteiger partial charge in [0.15, 0.2) is 0 Å². The zero-order chi connectivity index (χ0) is 14.3. The molecule has 0 saturated carbocycles. The fraction of sp³-hybridized carbons (Fsp3) is 0.455. The number of nitrogens with one attached hydrogen (secondary N) is 1. The van der Waals surface area contributed by atoms with Gasteiger partial charge in [0.25, 0.3) is 11.4 Å². The van der Waals surface area contributed by atoms with Gasteiger partial charge in [0.1, 0.15) is 0 Å². The van der Waals surface area contributed by atoms with Gasteiger partial charge in [0.2, 0.25) is 0 Å². The first-order chi connectivity index (χ1) is 9.06. The third kappa shape index (κ3) is 4.60. The molecule has 0 unspecified atom stereocenters. The van der Waals surface area contributed by atoms with Gasteiger partial charge in [-0.3, -0.25) is 20.2 Å². The van der Waals surface area contributed by atoms with Crippen molar-refractivity contribution in [2.45, 2.75) is 13.5 Å². The normalized spacial score (nSPS) is 10.4. The third-order valence-electron chi connectivity index (χ3n) is 2.42. The van der Waals surface area contributed by atoms with E-state index in [0.29, 0.717) is 25.3 Å². The van der Waals surface area contributed by atoms with Crippen LogP contribution in [-0.2, 0) is 11.3 Å². The van der Waals surface area contributed by atoms with Crippen molar-refractivity contribution in [3.8, 4) is 0 Å². The Morgan fingerprint density at radius 2 is 2.00 bits per heavy atom. The number of nitro benzene ring substituents is 2. The zero-order valence-electron chi connectivity index (χ0n) is 10.5. The Balaban J connectivity index is 2.71. The minimum atomic E-state index is -0.653. The van der Waals surface area contributed by atoms with Crippen LogP contribution >= 0.6 is 0 Å². The van der Waals surface area contributed by atoms with Gasteiger partial charge >= 0.3 is 0 Å². The van der Waals surface area contributed by atoms with Crippen molar-refractivity contribution >= 4 is 11.4 Å². The van der Waals surface area contributed by atoms with Crippen molar-refractivity contribution in [1.82, 2.24) is 5.32 Å². The fourth-order valence-electron chi connectivity index (χ4n) is 1.50. The van der Waals surface area contributed by atoms with Gasteiger partial charge < -0.3 is 10.1 Å². The first-order valence-corrected chi connectivity index (χ1v) is 5.76. The Morgan fingerprint density at radius 3 is 2.58 bits per heavy atom. The molecule has 0 heterocycles. The Kier molecular flexibility index (Phi) is 5.83. The quantitative estimate of drug-likeness (QED) is 0.436. The molecule has 0 aromatic heterocycles. The average Bonchev–Trinajstić information content (AvgIpc) is 2.38. The Labute approximate surface area is 109 Å².